The van der Waals surface area contributed by atoms with Crippen LogP contribution >= 0.6 is 0 Å². The quantitative estimate of drug-likeness (QED) is 0.790. The minimum Gasteiger partial charge on any atom is -0.496 e. The van der Waals surface area contributed by atoms with Crippen LogP contribution in [-0.4, -0.2) is 30.3 Å². The highest BCUT2D eigenvalue weighted by Crippen LogP contribution is 2.33. The summed E-state index contributed by atoms with van der Waals surface area (Å²) in [7, 11) is 1.65. The van der Waals surface area contributed by atoms with Gasteiger partial charge in [0.25, 0.3) is 0 Å². The van der Waals surface area contributed by atoms with Gasteiger partial charge in [-0.1, -0.05) is 18.2 Å². The lowest BCUT2D eigenvalue weighted by molar-refractivity contribution is -0.140. The third-order valence-corrected chi connectivity index (χ3v) is 3.54. The second-order valence-corrected chi connectivity index (χ2v) is 5.24. The fraction of sp³-hybridized carbons (Fsp3) is 0.533. The molecule has 0 radical (unpaired) electrons. The summed E-state index contributed by atoms with van der Waals surface area (Å²) < 4.78 is 5.31. The van der Waals surface area contributed by atoms with E-state index in [1.54, 1.807) is 7.11 Å². The molecule has 2 rings (SSSR count). The van der Waals surface area contributed by atoms with Crippen LogP contribution in [0.5, 0.6) is 5.75 Å². The molecule has 1 aromatic carbocycles. The Labute approximate surface area is 113 Å². The molecule has 104 valence electrons. The van der Waals surface area contributed by atoms with Gasteiger partial charge < -0.3 is 15.2 Å². The zero-order chi connectivity index (χ0) is 13.8. The Morgan fingerprint density at radius 2 is 2.16 bits per heavy atom. The first-order valence-corrected chi connectivity index (χ1v) is 6.72. The van der Waals surface area contributed by atoms with E-state index < -0.39 is 12.0 Å². The number of carboxylic acids is 1. The molecule has 4 nitrogen and oxygen atoms in total. The molecule has 0 amide bonds. The van der Waals surface area contributed by atoms with Gasteiger partial charge >= 0.3 is 5.97 Å². The molecule has 2 N–H and O–H groups in total. The minimum atomic E-state index is -0.741. The Morgan fingerprint density at radius 3 is 2.74 bits per heavy atom. The normalized spacial score (nSPS) is 17.8. The van der Waals surface area contributed by atoms with Crippen molar-refractivity contribution < 1.29 is 14.6 Å². The second kappa shape index (κ2) is 6.06. The van der Waals surface area contributed by atoms with Gasteiger partial charge in [0.1, 0.15) is 11.8 Å². The van der Waals surface area contributed by atoms with Gasteiger partial charge in [-0.15, -0.1) is 0 Å². The highest BCUT2D eigenvalue weighted by molar-refractivity contribution is 5.74. The zero-order valence-corrected chi connectivity index (χ0v) is 11.4. The largest absolute Gasteiger partial charge is 0.496 e. The van der Waals surface area contributed by atoms with Gasteiger partial charge in [-0.05, 0) is 43.7 Å². The highest BCUT2D eigenvalue weighted by Gasteiger charge is 2.36. The molecule has 2 atom stereocenters. The van der Waals surface area contributed by atoms with Crippen molar-refractivity contribution in [2.45, 2.75) is 38.3 Å². The molecule has 0 aromatic heterocycles. The molecule has 0 aliphatic heterocycles. The summed E-state index contributed by atoms with van der Waals surface area (Å²) in [6.45, 7) is 2.02. The van der Waals surface area contributed by atoms with Crippen LogP contribution in [-0.2, 0) is 11.2 Å². The fourth-order valence-electron chi connectivity index (χ4n) is 2.41. The van der Waals surface area contributed by atoms with E-state index in [9.17, 15) is 9.90 Å². The Kier molecular flexibility index (Phi) is 4.43. The van der Waals surface area contributed by atoms with E-state index in [2.05, 4.69) is 5.32 Å². The summed E-state index contributed by atoms with van der Waals surface area (Å²) in [4.78, 5) is 11.2. The molecular formula is C15H21NO3. The van der Waals surface area contributed by atoms with Crippen molar-refractivity contribution in [2.24, 2.45) is 5.92 Å². The monoisotopic (exact) mass is 263 g/mol. The summed E-state index contributed by atoms with van der Waals surface area (Å²) >= 11 is 0. The van der Waals surface area contributed by atoms with Gasteiger partial charge in [0.2, 0.25) is 0 Å². The fourth-order valence-corrected chi connectivity index (χ4v) is 2.41. The molecule has 0 bridgehead atoms. The van der Waals surface area contributed by atoms with Crippen LogP contribution < -0.4 is 10.1 Å². The number of hydrogen-bond donors (Lipinski definition) is 2. The first-order valence-electron chi connectivity index (χ1n) is 6.72. The van der Waals surface area contributed by atoms with Crippen molar-refractivity contribution in [3.63, 3.8) is 0 Å². The van der Waals surface area contributed by atoms with Crippen LogP contribution in [0, 0.1) is 5.92 Å². The molecule has 19 heavy (non-hydrogen) atoms. The Bertz CT molecular complexity index is 443. The van der Waals surface area contributed by atoms with Gasteiger partial charge in [0, 0.05) is 6.04 Å². The van der Waals surface area contributed by atoms with E-state index in [0.717, 1.165) is 30.6 Å². The molecule has 1 saturated carbocycles. The van der Waals surface area contributed by atoms with Gasteiger partial charge in [0.05, 0.1) is 7.11 Å². The summed E-state index contributed by atoms with van der Waals surface area (Å²) in [6, 6.07) is 7.55. The van der Waals surface area contributed by atoms with Crippen LogP contribution in [0.25, 0.3) is 0 Å². The van der Waals surface area contributed by atoms with Gasteiger partial charge in [0.15, 0.2) is 0 Å². The average Bonchev–Trinajstić information content (AvgIpc) is 3.20. The molecule has 1 aromatic rings. The van der Waals surface area contributed by atoms with Crippen LogP contribution in [0.3, 0.4) is 0 Å². The first kappa shape index (κ1) is 13.9. The molecule has 0 spiro atoms. The second-order valence-electron chi connectivity index (χ2n) is 5.24. The number of methoxy groups -OCH3 is 1. The molecule has 2 unspecified atom stereocenters. The van der Waals surface area contributed by atoms with E-state index in [1.165, 1.54) is 0 Å². The molecule has 1 aliphatic rings. The van der Waals surface area contributed by atoms with Crippen molar-refractivity contribution in [1.82, 2.24) is 5.32 Å². The maximum absolute atomic E-state index is 11.2. The molecule has 0 saturated heterocycles. The number of para-hydroxylation sites is 1. The van der Waals surface area contributed by atoms with Crippen molar-refractivity contribution in [3.05, 3.63) is 29.8 Å². The molecule has 1 fully saturated rings. The third-order valence-electron chi connectivity index (χ3n) is 3.54. The van der Waals surface area contributed by atoms with Gasteiger partial charge in [-0.3, -0.25) is 4.79 Å². The zero-order valence-electron chi connectivity index (χ0n) is 11.4. The van der Waals surface area contributed by atoms with Crippen molar-refractivity contribution in [3.8, 4) is 5.75 Å². The Morgan fingerprint density at radius 1 is 1.47 bits per heavy atom. The molecule has 1 aliphatic carbocycles. The van der Waals surface area contributed by atoms with Crippen LogP contribution in [0.4, 0.5) is 0 Å². The summed E-state index contributed by atoms with van der Waals surface area (Å²) in [5.41, 5.74) is 1.10. The number of hydrogen-bond acceptors (Lipinski definition) is 3. The van der Waals surface area contributed by atoms with E-state index in [4.69, 9.17) is 4.74 Å². The van der Waals surface area contributed by atoms with Crippen molar-refractivity contribution in [2.75, 3.05) is 7.11 Å². The maximum Gasteiger partial charge on any atom is 0.320 e. The number of rotatable bonds is 7. The highest BCUT2D eigenvalue weighted by atomic mass is 16.5. The lowest BCUT2D eigenvalue weighted by Crippen LogP contribution is -2.44. The van der Waals surface area contributed by atoms with E-state index >= 15 is 0 Å². The Hall–Kier alpha value is -1.55. The van der Waals surface area contributed by atoms with Gasteiger partial charge in [-0.2, -0.15) is 0 Å². The maximum atomic E-state index is 11.2. The van der Waals surface area contributed by atoms with Crippen LogP contribution in [0.1, 0.15) is 25.3 Å². The number of aliphatic carboxylic acids is 1. The topological polar surface area (TPSA) is 58.6 Å². The van der Waals surface area contributed by atoms with Crippen LogP contribution in [0.2, 0.25) is 0 Å². The standard InChI is InChI=1S/C15H21NO3/c1-10(16-14(15(17)18)11-7-8-11)9-12-5-3-4-6-13(12)19-2/h3-6,10-11,14,16H,7-9H2,1-2H3,(H,17,18). The lowest BCUT2D eigenvalue weighted by atomic mass is 10.0. The Balaban J connectivity index is 1.96. The van der Waals surface area contributed by atoms with Crippen LogP contribution in [0.15, 0.2) is 24.3 Å². The number of carbonyl (C=O) groups is 1. The predicted octanol–water partition coefficient (Wildman–Crippen LogP) is 2.08. The summed E-state index contributed by atoms with van der Waals surface area (Å²) in [5.74, 6) is 0.418. The third kappa shape index (κ3) is 3.70. The molecular weight excluding hydrogens is 242 g/mol. The summed E-state index contributed by atoms with van der Waals surface area (Å²) in [6.07, 6.45) is 2.80. The first-order chi connectivity index (χ1) is 9.11. The number of nitrogens with one attached hydrogen (secondary N) is 1. The number of benzene rings is 1. The van der Waals surface area contributed by atoms with Gasteiger partial charge in [-0.25, -0.2) is 0 Å². The predicted molar refractivity (Wildman–Crippen MR) is 73.4 cm³/mol. The average molecular weight is 263 g/mol. The van der Waals surface area contributed by atoms with Crippen molar-refractivity contribution >= 4 is 5.97 Å². The minimum absolute atomic E-state index is 0.109. The summed E-state index contributed by atoms with van der Waals surface area (Å²) in [5, 5.41) is 12.4. The number of carboxylic acid groups (broad SMARTS) is 1. The smallest absolute Gasteiger partial charge is 0.320 e. The molecule has 4 heteroatoms. The molecule has 0 heterocycles. The SMILES string of the molecule is COc1ccccc1CC(C)NC(C(=O)O)C1CC1. The van der Waals surface area contributed by atoms with E-state index in [1.807, 2.05) is 31.2 Å². The van der Waals surface area contributed by atoms with E-state index in [0.29, 0.717) is 5.92 Å². The number of ether oxygens (including phenoxy) is 1. The van der Waals surface area contributed by atoms with E-state index in [-0.39, 0.29) is 6.04 Å². The lowest BCUT2D eigenvalue weighted by Gasteiger charge is -2.20. The van der Waals surface area contributed by atoms with Crippen molar-refractivity contribution in [1.29, 1.82) is 0 Å².